The van der Waals surface area contributed by atoms with Gasteiger partial charge in [-0.15, -0.1) is 0 Å². The molecule has 0 radical (unpaired) electrons. The Balaban J connectivity index is 1.93. The number of carbonyl (C=O) groups excluding carboxylic acids is 1. The number of likely N-dealkylation sites (tertiary alicyclic amines) is 1. The molecule has 3 N–H and O–H groups in total. The minimum atomic E-state index is -0.0190. The molecule has 1 heterocycles. The number of amides is 1. The Bertz CT molecular complexity index is 450. The lowest BCUT2D eigenvalue weighted by atomic mass is 10.2. The van der Waals surface area contributed by atoms with Crippen LogP contribution in [-0.2, 0) is 4.79 Å². The smallest absolute Gasteiger partial charge is 0.238 e. The number of halogens is 1. The number of rotatable bonds is 3. The van der Waals surface area contributed by atoms with Crippen LogP contribution < -0.4 is 11.1 Å². The molecule has 0 spiro atoms. The third-order valence-corrected chi connectivity index (χ3v) is 3.63. The third-order valence-electron chi connectivity index (χ3n) is 3.22. The summed E-state index contributed by atoms with van der Waals surface area (Å²) in [5.74, 6) is -0.0190. The summed E-state index contributed by atoms with van der Waals surface area (Å²) in [6, 6.07) is 5.70. The van der Waals surface area contributed by atoms with Crippen LogP contribution in [0.25, 0.3) is 0 Å². The van der Waals surface area contributed by atoms with Gasteiger partial charge in [0, 0.05) is 29.8 Å². The zero-order valence-electron chi connectivity index (χ0n) is 10.4. The van der Waals surface area contributed by atoms with Gasteiger partial charge in [0.25, 0.3) is 0 Å². The van der Waals surface area contributed by atoms with Crippen molar-refractivity contribution in [3.8, 4) is 0 Å². The molecule has 4 nitrogen and oxygen atoms in total. The van der Waals surface area contributed by atoms with E-state index in [-0.39, 0.29) is 11.9 Å². The fourth-order valence-corrected chi connectivity index (χ4v) is 2.32. The number of nitrogens with two attached hydrogens (primary N) is 1. The molecule has 1 fully saturated rings. The Morgan fingerprint density at radius 3 is 3.06 bits per heavy atom. The number of nitrogens with one attached hydrogen (secondary N) is 1. The van der Waals surface area contributed by atoms with Gasteiger partial charge in [-0.3, -0.25) is 9.69 Å². The maximum atomic E-state index is 11.9. The highest BCUT2D eigenvalue weighted by molar-refractivity contribution is 6.31. The van der Waals surface area contributed by atoms with Gasteiger partial charge in [-0.05, 0) is 31.0 Å². The predicted molar refractivity (Wildman–Crippen MR) is 73.9 cm³/mol. The van der Waals surface area contributed by atoms with Gasteiger partial charge >= 0.3 is 0 Å². The van der Waals surface area contributed by atoms with Crippen LogP contribution in [0, 0.1) is 6.92 Å². The number of carbonyl (C=O) groups is 1. The minimum absolute atomic E-state index is 0.0190. The number of hydrogen-bond donors (Lipinski definition) is 2. The maximum Gasteiger partial charge on any atom is 0.238 e. The van der Waals surface area contributed by atoms with Crippen LogP contribution >= 0.6 is 11.6 Å². The molecule has 1 atom stereocenters. The summed E-state index contributed by atoms with van der Waals surface area (Å²) in [5, 5.41) is 3.55. The normalized spacial score (nSPS) is 20.1. The molecule has 1 unspecified atom stereocenters. The van der Waals surface area contributed by atoms with Gasteiger partial charge in [-0.25, -0.2) is 0 Å². The SMILES string of the molecule is Cc1c(Cl)cccc1NC(=O)CN1CCC(N)C1. The Labute approximate surface area is 112 Å². The van der Waals surface area contributed by atoms with Crippen LogP contribution in [0.1, 0.15) is 12.0 Å². The lowest BCUT2D eigenvalue weighted by Crippen LogP contribution is -2.33. The molecule has 1 amide bonds. The van der Waals surface area contributed by atoms with Gasteiger partial charge in [-0.1, -0.05) is 17.7 Å². The van der Waals surface area contributed by atoms with Crippen molar-refractivity contribution in [1.82, 2.24) is 4.90 Å². The summed E-state index contributed by atoms with van der Waals surface area (Å²) in [6.07, 6.45) is 0.962. The lowest BCUT2D eigenvalue weighted by molar-refractivity contribution is -0.117. The Morgan fingerprint density at radius 1 is 1.61 bits per heavy atom. The second kappa shape index (κ2) is 5.69. The zero-order valence-corrected chi connectivity index (χ0v) is 11.2. The number of benzene rings is 1. The van der Waals surface area contributed by atoms with Crippen LogP contribution in [0.2, 0.25) is 5.02 Å². The first-order valence-electron chi connectivity index (χ1n) is 6.09. The third kappa shape index (κ3) is 3.22. The molecule has 18 heavy (non-hydrogen) atoms. The van der Waals surface area contributed by atoms with Crippen molar-refractivity contribution >= 4 is 23.2 Å². The van der Waals surface area contributed by atoms with E-state index in [0.29, 0.717) is 11.6 Å². The summed E-state index contributed by atoms with van der Waals surface area (Å²) < 4.78 is 0. The fourth-order valence-electron chi connectivity index (χ4n) is 2.14. The molecule has 5 heteroatoms. The topological polar surface area (TPSA) is 58.4 Å². The van der Waals surface area contributed by atoms with E-state index in [1.54, 1.807) is 0 Å². The summed E-state index contributed by atoms with van der Waals surface area (Å²) in [5.41, 5.74) is 7.47. The summed E-state index contributed by atoms with van der Waals surface area (Å²) in [4.78, 5) is 14.0. The van der Waals surface area contributed by atoms with Gasteiger partial charge < -0.3 is 11.1 Å². The van der Waals surface area contributed by atoms with Gasteiger partial charge in [0.2, 0.25) is 5.91 Å². The maximum absolute atomic E-state index is 11.9. The van der Waals surface area contributed by atoms with Crippen molar-refractivity contribution in [3.05, 3.63) is 28.8 Å². The fraction of sp³-hybridized carbons (Fsp3) is 0.462. The van der Waals surface area contributed by atoms with Crippen molar-refractivity contribution in [1.29, 1.82) is 0 Å². The van der Waals surface area contributed by atoms with Crippen LogP contribution in [0.5, 0.6) is 0 Å². The highest BCUT2D eigenvalue weighted by atomic mass is 35.5. The molecule has 1 aromatic rings. The Kier molecular flexibility index (Phi) is 4.22. The zero-order chi connectivity index (χ0) is 13.1. The second-order valence-electron chi connectivity index (χ2n) is 4.74. The molecule has 0 bridgehead atoms. The average Bonchev–Trinajstić information content (AvgIpc) is 2.70. The molecule has 0 aromatic heterocycles. The predicted octanol–water partition coefficient (Wildman–Crippen LogP) is 1.62. The highest BCUT2D eigenvalue weighted by Gasteiger charge is 2.21. The van der Waals surface area contributed by atoms with Gasteiger partial charge in [0.1, 0.15) is 0 Å². The quantitative estimate of drug-likeness (QED) is 0.875. The van der Waals surface area contributed by atoms with Crippen molar-refractivity contribution in [2.45, 2.75) is 19.4 Å². The Hall–Kier alpha value is -1.10. The molecular weight excluding hydrogens is 250 g/mol. The molecule has 1 aliphatic heterocycles. The number of anilines is 1. The van der Waals surface area contributed by atoms with Crippen molar-refractivity contribution in [2.24, 2.45) is 5.73 Å². The van der Waals surface area contributed by atoms with Crippen LogP contribution in [0.4, 0.5) is 5.69 Å². The standard InChI is InChI=1S/C13H18ClN3O/c1-9-11(14)3-2-4-12(9)16-13(18)8-17-6-5-10(15)7-17/h2-4,10H,5-8,15H2,1H3,(H,16,18). The molecular formula is C13H18ClN3O. The molecule has 2 rings (SSSR count). The molecule has 1 saturated heterocycles. The summed E-state index contributed by atoms with van der Waals surface area (Å²) in [6.45, 7) is 3.97. The summed E-state index contributed by atoms with van der Waals surface area (Å²) in [7, 11) is 0. The van der Waals surface area contributed by atoms with E-state index in [0.717, 1.165) is 30.8 Å². The monoisotopic (exact) mass is 267 g/mol. The van der Waals surface area contributed by atoms with E-state index in [2.05, 4.69) is 10.2 Å². The summed E-state index contributed by atoms with van der Waals surface area (Å²) >= 11 is 6.01. The molecule has 1 aromatic carbocycles. The first kappa shape index (κ1) is 13.3. The number of nitrogens with zero attached hydrogens (tertiary/aromatic N) is 1. The van der Waals surface area contributed by atoms with Crippen LogP contribution in [-0.4, -0.2) is 36.5 Å². The first-order chi connectivity index (χ1) is 8.56. The van der Waals surface area contributed by atoms with Crippen molar-refractivity contribution in [2.75, 3.05) is 25.0 Å². The molecule has 1 aliphatic rings. The van der Waals surface area contributed by atoms with E-state index in [4.69, 9.17) is 17.3 Å². The Morgan fingerprint density at radius 2 is 2.39 bits per heavy atom. The first-order valence-corrected chi connectivity index (χ1v) is 6.47. The van der Waals surface area contributed by atoms with E-state index < -0.39 is 0 Å². The van der Waals surface area contributed by atoms with Crippen molar-refractivity contribution in [3.63, 3.8) is 0 Å². The van der Waals surface area contributed by atoms with Gasteiger partial charge in [0.05, 0.1) is 6.54 Å². The lowest BCUT2D eigenvalue weighted by Gasteiger charge is -2.15. The average molecular weight is 268 g/mol. The van der Waals surface area contributed by atoms with E-state index in [1.807, 2.05) is 25.1 Å². The van der Waals surface area contributed by atoms with Crippen LogP contribution in [0.15, 0.2) is 18.2 Å². The van der Waals surface area contributed by atoms with E-state index >= 15 is 0 Å². The minimum Gasteiger partial charge on any atom is -0.326 e. The van der Waals surface area contributed by atoms with E-state index in [9.17, 15) is 4.79 Å². The molecule has 0 aliphatic carbocycles. The number of hydrogen-bond acceptors (Lipinski definition) is 3. The molecule has 0 saturated carbocycles. The van der Waals surface area contributed by atoms with Crippen molar-refractivity contribution < 1.29 is 4.79 Å². The van der Waals surface area contributed by atoms with Gasteiger partial charge in [-0.2, -0.15) is 0 Å². The second-order valence-corrected chi connectivity index (χ2v) is 5.15. The highest BCUT2D eigenvalue weighted by Crippen LogP contribution is 2.22. The van der Waals surface area contributed by atoms with E-state index in [1.165, 1.54) is 0 Å². The molecule has 98 valence electrons. The van der Waals surface area contributed by atoms with Crippen LogP contribution in [0.3, 0.4) is 0 Å². The van der Waals surface area contributed by atoms with Gasteiger partial charge in [0.15, 0.2) is 0 Å². The largest absolute Gasteiger partial charge is 0.326 e.